The van der Waals surface area contributed by atoms with E-state index in [0.717, 1.165) is 31.5 Å². The van der Waals surface area contributed by atoms with E-state index < -0.39 is 0 Å². The molecule has 1 saturated heterocycles. The molecular formula is C16H25NO2. The molecule has 0 amide bonds. The molecule has 1 aliphatic heterocycles. The van der Waals surface area contributed by atoms with Crippen LogP contribution >= 0.6 is 0 Å². The number of aromatic hydroxyl groups is 2. The number of nitrogens with zero attached hydrogens (tertiary/aromatic N) is 1. The molecule has 1 fully saturated rings. The van der Waals surface area contributed by atoms with E-state index in [1.165, 1.54) is 19.3 Å². The van der Waals surface area contributed by atoms with Crippen molar-refractivity contribution in [3.63, 3.8) is 0 Å². The number of phenolic OH excluding ortho intramolecular Hbond substituents is 2. The van der Waals surface area contributed by atoms with Crippen molar-refractivity contribution in [2.45, 2.75) is 51.5 Å². The van der Waals surface area contributed by atoms with Gasteiger partial charge in [-0.1, -0.05) is 19.8 Å². The van der Waals surface area contributed by atoms with Crippen LogP contribution in [0.5, 0.6) is 11.5 Å². The lowest BCUT2D eigenvalue weighted by Crippen LogP contribution is -2.46. The molecule has 1 aromatic rings. The Labute approximate surface area is 115 Å². The highest BCUT2D eigenvalue weighted by Crippen LogP contribution is 2.40. The fraction of sp³-hybridized carbons (Fsp3) is 0.625. The molecule has 1 heterocycles. The number of piperidine rings is 1. The molecule has 1 aliphatic rings. The fourth-order valence-corrected chi connectivity index (χ4v) is 3.29. The molecule has 0 saturated carbocycles. The van der Waals surface area contributed by atoms with Gasteiger partial charge in [-0.15, -0.1) is 0 Å². The third-order valence-electron chi connectivity index (χ3n) is 4.35. The van der Waals surface area contributed by atoms with Crippen molar-refractivity contribution in [3.05, 3.63) is 23.8 Å². The van der Waals surface area contributed by atoms with Crippen molar-refractivity contribution in [3.8, 4) is 11.5 Å². The summed E-state index contributed by atoms with van der Waals surface area (Å²) >= 11 is 0. The van der Waals surface area contributed by atoms with Gasteiger partial charge in [-0.3, -0.25) is 4.90 Å². The maximum absolute atomic E-state index is 10.2. The van der Waals surface area contributed by atoms with Crippen LogP contribution in [-0.4, -0.2) is 28.2 Å². The van der Waals surface area contributed by atoms with Gasteiger partial charge in [0.05, 0.1) is 0 Å². The number of likely N-dealkylation sites (tertiary alicyclic amines) is 1. The van der Waals surface area contributed by atoms with E-state index in [9.17, 15) is 10.2 Å². The molecule has 3 heteroatoms. The second kappa shape index (κ2) is 5.83. The minimum absolute atomic E-state index is 0.183. The monoisotopic (exact) mass is 263 g/mol. The van der Waals surface area contributed by atoms with Crippen molar-refractivity contribution in [1.29, 1.82) is 0 Å². The van der Waals surface area contributed by atoms with Gasteiger partial charge in [0, 0.05) is 11.1 Å². The van der Waals surface area contributed by atoms with Crippen molar-refractivity contribution in [2.75, 3.05) is 13.1 Å². The summed E-state index contributed by atoms with van der Waals surface area (Å²) in [5, 5.41) is 19.9. The van der Waals surface area contributed by atoms with E-state index in [1.54, 1.807) is 18.2 Å². The van der Waals surface area contributed by atoms with Gasteiger partial charge in [0.25, 0.3) is 0 Å². The van der Waals surface area contributed by atoms with Gasteiger partial charge in [-0.25, -0.2) is 0 Å². The van der Waals surface area contributed by atoms with Crippen LogP contribution in [-0.2, 0) is 5.54 Å². The number of phenols is 2. The Balaban J connectivity index is 2.39. The van der Waals surface area contributed by atoms with Gasteiger partial charge in [0.1, 0.15) is 11.5 Å². The molecule has 0 aromatic heterocycles. The summed E-state index contributed by atoms with van der Waals surface area (Å²) in [6.45, 7) is 6.51. The van der Waals surface area contributed by atoms with Crippen LogP contribution in [0.3, 0.4) is 0 Å². The highest BCUT2D eigenvalue weighted by Gasteiger charge is 2.35. The van der Waals surface area contributed by atoms with Crippen molar-refractivity contribution in [2.24, 2.45) is 0 Å². The lowest BCUT2D eigenvalue weighted by molar-refractivity contribution is 0.0678. The van der Waals surface area contributed by atoms with Crippen LogP contribution in [0.25, 0.3) is 0 Å². The minimum Gasteiger partial charge on any atom is -0.508 e. The Hall–Kier alpha value is -1.22. The first-order valence-electron chi connectivity index (χ1n) is 7.35. The molecule has 1 unspecified atom stereocenters. The summed E-state index contributed by atoms with van der Waals surface area (Å²) in [5.74, 6) is 0.520. The van der Waals surface area contributed by atoms with Crippen LogP contribution in [0.4, 0.5) is 0 Å². The average molecular weight is 263 g/mol. The Morgan fingerprint density at radius 2 is 1.84 bits per heavy atom. The second-order valence-corrected chi connectivity index (χ2v) is 5.77. The van der Waals surface area contributed by atoms with E-state index in [2.05, 4.69) is 18.7 Å². The zero-order valence-corrected chi connectivity index (χ0v) is 12.0. The van der Waals surface area contributed by atoms with Gasteiger partial charge in [0.15, 0.2) is 0 Å². The second-order valence-electron chi connectivity index (χ2n) is 5.77. The fourth-order valence-electron chi connectivity index (χ4n) is 3.29. The molecule has 0 radical (unpaired) electrons. The van der Waals surface area contributed by atoms with Gasteiger partial charge in [-0.2, -0.15) is 0 Å². The SMILES string of the molecule is CCCC(C)(c1cc(O)ccc1O)N1CCCCC1. The van der Waals surface area contributed by atoms with E-state index in [4.69, 9.17) is 0 Å². The molecule has 3 nitrogen and oxygen atoms in total. The Morgan fingerprint density at radius 3 is 2.47 bits per heavy atom. The minimum atomic E-state index is -0.183. The van der Waals surface area contributed by atoms with E-state index in [-0.39, 0.29) is 11.3 Å². The molecule has 1 aromatic carbocycles. The van der Waals surface area contributed by atoms with Crippen molar-refractivity contribution in [1.82, 2.24) is 4.90 Å². The molecule has 0 aliphatic carbocycles. The number of hydrogen-bond acceptors (Lipinski definition) is 3. The number of hydrogen-bond donors (Lipinski definition) is 2. The molecule has 0 spiro atoms. The Kier molecular flexibility index (Phi) is 4.35. The van der Waals surface area contributed by atoms with Gasteiger partial charge < -0.3 is 10.2 Å². The lowest BCUT2D eigenvalue weighted by Gasteiger charge is -2.44. The van der Waals surface area contributed by atoms with Crippen LogP contribution in [0, 0.1) is 0 Å². The first-order chi connectivity index (χ1) is 9.08. The van der Waals surface area contributed by atoms with E-state index in [0.29, 0.717) is 5.75 Å². The predicted molar refractivity (Wildman–Crippen MR) is 77.5 cm³/mol. The van der Waals surface area contributed by atoms with E-state index in [1.807, 2.05) is 0 Å². The van der Waals surface area contributed by atoms with Gasteiger partial charge >= 0.3 is 0 Å². The number of rotatable bonds is 4. The average Bonchev–Trinajstić information content (AvgIpc) is 2.42. The Bertz CT molecular complexity index is 427. The Morgan fingerprint density at radius 1 is 1.16 bits per heavy atom. The van der Waals surface area contributed by atoms with Crippen LogP contribution in [0.1, 0.15) is 51.5 Å². The molecule has 19 heavy (non-hydrogen) atoms. The lowest BCUT2D eigenvalue weighted by atomic mass is 9.83. The summed E-state index contributed by atoms with van der Waals surface area (Å²) in [4.78, 5) is 2.47. The number of benzene rings is 1. The molecular weight excluding hydrogens is 238 g/mol. The zero-order chi connectivity index (χ0) is 13.9. The standard InChI is InChI=1S/C16H25NO2/c1-3-9-16(2,17-10-5-4-6-11-17)14-12-13(18)7-8-15(14)19/h7-8,12,18-19H,3-6,9-11H2,1-2H3. The summed E-state index contributed by atoms with van der Waals surface area (Å²) in [6.07, 6.45) is 5.79. The highest BCUT2D eigenvalue weighted by molar-refractivity contribution is 5.43. The van der Waals surface area contributed by atoms with Crippen molar-refractivity contribution < 1.29 is 10.2 Å². The largest absolute Gasteiger partial charge is 0.508 e. The molecule has 106 valence electrons. The first-order valence-corrected chi connectivity index (χ1v) is 7.35. The van der Waals surface area contributed by atoms with E-state index >= 15 is 0 Å². The zero-order valence-electron chi connectivity index (χ0n) is 12.0. The molecule has 0 bridgehead atoms. The molecule has 2 N–H and O–H groups in total. The van der Waals surface area contributed by atoms with Crippen LogP contribution < -0.4 is 0 Å². The summed E-state index contributed by atoms with van der Waals surface area (Å²) < 4.78 is 0. The third-order valence-corrected chi connectivity index (χ3v) is 4.35. The highest BCUT2D eigenvalue weighted by atomic mass is 16.3. The van der Waals surface area contributed by atoms with Crippen molar-refractivity contribution >= 4 is 0 Å². The maximum atomic E-state index is 10.2. The van der Waals surface area contributed by atoms with Gasteiger partial charge in [0.2, 0.25) is 0 Å². The quantitative estimate of drug-likeness (QED) is 0.816. The third kappa shape index (κ3) is 2.86. The summed E-state index contributed by atoms with van der Waals surface area (Å²) in [5.41, 5.74) is 0.675. The van der Waals surface area contributed by atoms with Crippen LogP contribution in [0.15, 0.2) is 18.2 Å². The summed E-state index contributed by atoms with van der Waals surface area (Å²) in [7, 11) is 0. The molecule has 2 rings (SSSR count). The smallest absolute Gasteiger partial charge is 0.120 e. The normalized spacial score (nSPS) is 20.1. The molecule has 1 atom stereocenters. The summed E-state index contributed by atoms with van der Waals surface area (Å²) in [6, 6.07) is 4.86. The maximum Gasteiger partial charge on any atom is 0.120 e. The predicted octanol–water partition coefficient (Wildman–Crippen LogP) is 3.60. The van der Waals surface area contributed by atoms with Crippen LogP contribution in [0.2, 0.25) is 0 Å². The van der Waals surface area contributed by atoms with Gasteiger partial charge in [-0.05, 0) is 57.5 Å². The topological polar surface area (TPSA) is 43.7 Å². The first kappa shape index (κ1) is 14.2.